The first-order chi connectivity index (χ1) is 5.76. The molecule has 1 saturated heterocycles. The van der Waals surface area contributed by atoms with E-state index in [9.17, 15) is 13.5 Å². The van der Waals surface area contributed by atoms with Crippen molar-refractivity contribution in [1.29, 1.82) is 0 Å². The molecule has 78 valence electrons. The predicted octanol–water partition coefficient (Wildman–Crippen LogP) is -0.323. The topological polar surface area (TPSA) is 77.8 Å². The first-order valence-electron chi connectivity index (χ1n) is 4.16. The first kappa shape index (κ1) is 10.9. The van der Waals surface area contributed by atoms with Gasteiger partial charge in [-0.15, -0.1) is 0 Å². The molecule has 13 heavy (non-hydrogen) atoms. The Balaban J connectivity index is 2.85. The molecule has 0 aromatic heterocycles. The fraction of sp³-hybridized carbons (Fsp3) is 1.00. The molecule has 1 fully saturated rings. The summed E-state index contributed by atoms with van der Waals surface area (Å²) in [6, 6.07) is -0.0410. The van der Waals surface area contributed by atoms with Crippen LogP contribution >= 0.6 is 0 Å². The highest BCUT2D eigenvalue weighted by atomic mass is 32.2. The molecule has 1 heterocycles. The van der Waals surface area contributed by atoms with Gasteiger partial charge in [-0.25, -0.2) is 0 Å². The van der Waals surface area contributed by atoms with E-state index in [2.05, 4.69) is 0 Å². The molecule has 1 aliphatic heterocycles. The number of piperidine rings is 1. The van der Waals surface area contributed by atoms with Gasteiger partial charge >= 0.3 is 0 Å². The molecule has 0 aliphatic carbocycles. The van der Waals surface area contributed by atoms with Gasteiger partial charge in [-0.05, 0) is 14.0 Å². The van der Waals surface area contributed by atoms with Gasteiger partial charge < -0.3 is 10.0 Å². The second-order valence-corrected chi connectivity index (χ2v) is 5.42. The third kappa shape index (κ3) is 2.01. The molecule has 2 unspecified atom stereocenters. The van der Waals surface area contributed by atoms with Gasteiger partial charge in [0.05, 0.1) is 0 Å². The largest absolute Gasteiger partial charge is 0.372 e. The Bertz CT molecular complexity index is 289. The highest BCUT2D eigenvalue weighted by Gasteiger charge is 2.45. The lowest BCUT2D eigenvalue weighted by Gasteiger charge is -2.38. The lowest BCUT2D eigenvalue weighted by atomic mass is 10.0. The number of rotatable bonds is 1. The highest BCUT2D eigenvalue weighted by molar-refractivity contribution is 7.87. The van der Waals surface area contributed by atoms with Crippen LogP contribution in [0.3, 0.4) is 0 Å². The molecule has 2 N–H and O–H groups in total. The van der Waals surface area contributed by atoms with Crippen molar-refractivity contribution in [3.05, 3.63) is 0 Å². The van der Waals surface area contributed by atoms with Gasteiger partial charge in [0.1, 0.15) is 0 Å². The van der Waals surface area contributed by atoms with Gasteiger partial charge in [0.15, 0.2) is 4.93 Å². The predicted molar refractivity (Wildman–Crippen MR) is 47.8 cm³/mol. The van der Waals surface area contributed by atoms with E-state index in [0.29, 0.717) is 6.54 Å². The maximum Gasteiger partial charge on any atom is 0.295 e. The third-order valence-electron chi connectivity index (χ3n) is 2.70. The van der Waals surface area contributed by atoms with Gasteiger partial charge in [0.25, 0.3) is 10.1 Å². The number of hydrogen-bond acceptors (Lipinski definition) is 4. The fourth-order valence-corrected chi connectivity index (χ4v) is 2.33. The lowest BCUT2D eigenvalue weighted by molar-refractivity contribution is 0.0214. The maximum atomic E-state index is 10.8. The van der Waals surface area contributed by atoms with Crippen LogP contribution in [-0.4, -0.2) is 47.5 Å². The van der Waals surface area contributed by atoms with Crippen LogP contribution in [0, 0.1) is 0 Å². The van der Waals surface area contributed by atoms with Crippen molar-refractivity contribution in [2.75, 3.05) is 13.6 Å². The summed E-state index contributed by atoms with van der Waals surface area (Å²) in [5.74, 6) is 0. The normalized spacial score (nSPS) is 37.7. The van der Waals surface area contributed by atoms with E-state index in [4.69, 9.17) is 4.55 Å². The van der Waals surface area contributed by atoms with Crippen molar-refractivity contribution >= 4 is 10.1 Å². The number of hydrogen-bond donors (Lipinski definition) is 2. The number of likely N-dealkylation sites (tertiary alicyclic amines) is 1. The first-order valence-corrected chi connectivity index (χ1v) is 5.60. The summed E-state index contributed by atoms with van der Waals surface area (Å²) in [6.07, 6.45) is 0.120. The molecular weight excluding hydrogens is 194 g/mol. The second kappa shape index (κ2) is 3.20. The molecule has 0 spiro atoms. The minimum absolute atomic E-state index is 0.0410. The quantitative estimate of drug-likeness (QED) is 0.579. The van der Waals surface area contributed by atoms with Crippen molar-refractivity contribution in [1.82, 2.24) is 4.90 Å². The van der Waals surface area contributed by atoms with Crippen LogP contribution in [0.4, 0.5) is 0 Å². The van der Waals surface area contributed by atoms with Gasteiger partial charge in [-0.3, -0.25) is 4.55 Å². The molecule has 6 heteroatoms. The van der Waals surface area contributed by atoms with E-state index in [1.807, 2.05) is 18.9 Å². The van der Waals surface area contributed by atoms with Crippen molar-refractivity contribution in [2.24, 2.45) is 0 Å². The Hall–Kier alpha value is -0.170. The van der Waals surface area contributed by atoms with Crippen LogP contribution in [0.5, 0.6) is 0 Å². The van der Waals surface area contributed by atoms with Gasteiger partial charge in [0, 0.05) is 25.4 Å². The van der Waals surface area contributed by atoms with E-state index in [1.54, 1.807) is 0 Å². The Morgan fingerprint density at radius 2 is 2.08 bits per heavy atom. The summed E-state index contributed by atoms with van der Waals surface area (Å²) in [6.45, 7) is 2.28. The minimum Gasteiger partial charge on any atom is -0.372 e. The third-order valence-corrected chi connectivity index (χ3v) is 4.03. The second-order valence-electron chi connectivity index (χ2n) is 3.71. The van der Waals surface area contributed by atoms with E-state index in [1.165, 1.54) is 0 Å². The van der Waals surface area contributed by atoms with Crippen LogP contribution in [0.2, 0.25) is 0 Å². The van der Waals surface area contributed by atoms with E-state index in [0.717, 1.165) is 0 Å². The molecule has 0 saturated carbocycles. The molecular formula is C7H15NO4S. The molecule has 2 atom stereocenters. The molecule has 0 bridgehead atoms. The smallest absolute Gasteiger partial charge is 0.295 e. The van der Waals surface area contributed by atoms with Crippen molar-refractivity contribution in [3.63, 3.8) is 0 Å². The van der Waals surface area contributed by atoms with Crippen LogP contribution < -0.4 is 0 Å². The molecule has 0 aromatic carbocycles. The average molecular weight is 209 g/mol. The molecule has 0 radical (unpaired) electrons. The summed E-state index contributed by atoms with van der Waals surface area (Å²) in [5.41, 5.74) is 0. The zero-order chi connectivity index (χ0) is 10.3. The van der Waals surface area contributed by atoms with Gasteiger partial charge in [-0.2, -0.15) is 8.42 Å². The van der Waals surface area contributed by atoms with Gasteiger partial charge in [0.2, 0.25) is 0 Å². The van der Waals surface area contributed by atoms with Crippen LogP contribution in [0.1, 0.15) is 19.8 Å². The zero-order valence-corrected chi connectivity index (χ0v) is 8.58. The average Bonchev–Trinajstić information content (AvgIpc) is 1.95. The monoisotopic (exact) mass is 209 g/mol. The Kier molecular flexibility index (Phi) is 2.68. The Morgan fingerprint density at radius 1 is 1.54 bits per heavy atom. The number of aliphatic hydroxyl groups is 1. The highest BCUT2D eigenvalue weighted by Crippen LogP contribution is 2.29. The summed E-state index contributed by atoms with van der Waals surface area (Å²) < 4.78 is 30.5. The minimum atomic E-state index is -4.35. The molecule has 1 aliphatic rings. The number of nitrogens with zero attached hydrogens (tertiary/aromatic N) is 1. The molecule has 5 nitrogen and oxygen atoms in total. The summed E-state index contributed by atoms with van der Waals surface area (Å²) in [4.78, 5) is -0.00141. The molecule has 1 rings (SSSR count). The molecule has 0 amide bonds. The fourth-order valence-electron chi connectivity index (χ4n) is 1.53. The molecule has 0 aromatic rings. The van der Waals surface area contributed by atoms with E-state index in [-0.39, 0.29) is 18.9 Å². The summed E-state index contributed by atoms with van der Waals surface area (Å²) in [7, 11) is -2.50. The van der Waals surface area contributed by atoms with Gasteiger partial charge in [-0.1, -0.05) is 0 Å². The van der Waals surface area contributed by atoms with E-state index < -0.39 is 15.1 Å². The SMILES string of the molecule is CC1CC(O)(S(=O)(=O)O)CCN1C. The Labute approximate surface area is 78.1 Å². The van der Waals surface area contributed by atoms with Crippen LogP contribution in [-0.2, 0) is 10.1 Å². The Morgan fingerprint density at radius 3 is 2.46 bits per heavy atom. The summed E-state index contributed by atoms with van der Waals surface area (Å²) >= 11 is 0. The van der Waals surface area contributed by atoms with Crippen molar-refractivity contribution in [2.45, 2.75) is 30.7 Å². The summed E-state index contributed by atoms with van der Waals surface area (Å²) in [5, 5.41) is 9.63. The van der Waals surface area contributed by atoms with Crippen LogP contribution in [0.15, 0.2) is 0 Å². The lowest BCUT2D eigenvalue weighted by Crippen LogP contribution is -2.51. The maximum absolute atomic E-state index is 10.8. The van der Waals surface area contributed by atoms with Crippen LogP contribution in [0.25, 0.3) is 0 Å². The van der Waals surface area contributed by atoms with Crippen molar-refractivity contribution < 1.29 is 18.1 Å². The zero-order valence-electron chi connectivity index (χ0n) is 7.77. The van der Waals surface area contributed by atoms with Crippen molar-refractivity contribution in [3.8, 4) is 0 Å². The van der Waals surface area contributed by atoms with E-state index >= 15 is 0 Å². The standard InChI is InChI=1S/C7H15NO4S/c1-6-5-7(9,13(10,11)12)3-4-8(6)2/h6,9H,3-5H2,1-2H3,(H,10,11,12).